The first kappa shape index (κ1) is 19.8. The molecule has 0 radical (unpaired) electrons. The van der Waals surface area contributed by atoms with Gasteiger partial charge in [-0.2, -0.15) is 0 Å². The number of nitrogens with zero attached hydrogens (tertiary/aromatic N) is 3. The van der Waals surface area contributed by atoms with Crippen molar-refractivity contribution in [2.24, 2.45) is 0 Å². The van der Waals surface area contributed by atoms with Gasteiger partial charge in [-0.1, -0.05) is 30.3 Å². The van der Waals surface area contributed by atoms with Crippen LogP contribution in [0.25, 0.3) is 0 Å². The first-order valence-electron chi connectivity index (χ1n) is 10.2. The SMILES string of the molecule is CC(C(=O)NCc1ccccc1)N1CCN(CC(=O)N2CCCCC2)CC1. The Bertz CT molecular complexity index is 608. The van der Waals surface area contributed by atoms with E-state index in [9.17, 15) is 9.59 Å². The van der Waals surface area contributed by atoms with Crippen LogP contribution < -0.4 is 5.32 Å². The van der Waals surface area contributed by atoms with Crippen molar-refractivity contribution in [3.63, 3.8) is 0 Å². The molecule has 1 aromatic carbocycles. The Morgan fingerprint density at radius 1 is 0.963 bits per heavy atom. The third kappa shape index (κ3) is 5.78. The fraction of sp³-hybridized carbons (Fsp3) is 0.619. The maximum Gasteiger partial charge on any atom is 0.237 e. The van der Waals surface area contributed by atoms with Crippen LogP contribution in [-0.2, 0) is 16.1 Å². The van der Waals surface area contributed by atoms with Crippen LogP contribution in [0.5, 0.6) is 0 Å². The van der Waals surface area contributed by atoms with Gasteiger partial charge in [-0.25, -0.2) is 0 Å². The first-order chi connectivity index (χ1) is 13.1. The van der Waals surface area contributed by atoms with E-state index in [0.29, 0.717) is 13.1 Å². The van der Waals surface area contributed by atoms with Crippen molar-refractivity contribution in [1.82, 2.24) is 20.0 Å². The van der Waals surface area contributed by atoms with Crippen molar-refractivity contribution in [2.45, 2.75) is 38.8 Å². The van der Waals surface area contributed by atoms with Crippen LogP contribution in [0.15, 0.2) is 30.3 Å². The number of nitrogens with one attached hydrogen (secondary N) is 1. The average molecular weight is 373 g/mol. The molecule has 1 atom stereocenters. The van der Waals surface area contributed by atoms with Gasteiger partial charge in [0.1, 0.15) is 0 Å². The second kappa shape index (κ2) is 9.85. The summed E-state index contributed by atoms with van der Waals surface area (Å²) in [6.07, 6.45) is 3.51. The molecule has 2 amide bonds. The van der Waals surface area contributed by atoms with E-state index in [-0.39, 0.29) is 17.9 Å². The number of carbonyl (C=O) groups is 2. The molecule has 1 N–H and O–H groups in total. The lowest BCUT2D eigenvalue weighted by molar-refractivity contribution is -0.134. The summed E-state index contributed by atoms with van der Waals surface area (Å²) in [7, 11) is 0. The Kier molecular flexibility index (Phi) is 7.24. The Labute approximate surface area is 162 Å². The topological polar surface area (TPSA) is 55.9 Å². The summed E-state index contributed by atoms with van der Waals surface area (Å²) in [4.78, 5) is 31.3. The van der Waals surface area contributed by atoms with Gasteiger partial charge in [-0.05, 0) is 31.7 Å². The predicted molar refractivity (Wildman–Crippen MR) is 106 cm³/mol. The summed E-state index contributed by atoms with van der Waals surface area (Å²) in [5.74, 6) is 0.327. The van der Waals surface area contributed by atoms with Gasteiger partial charge in [0.15, 0.2) is 0 Å². The Balaban J connectivity index is 1.38. The fourth-order valence-corrected chi connectivity index (χ4v) is 3.84. The molecule has 0 aromatic heterocycles. The number of piperidine rings is 1. The number of amides is 2. The molecular weight excluding hydrogens is 340 g/mol. The molecule has 0 bridgehead atoms. The molecule has 6 nitrogen and oxygen atoms in total. The van der Waals surface area contributed by atoms with Crippen LogP contribution in [0.4, 0.5) is 0 Å². The normalized spacial score (nSPS) is 20.3. The van der Waals surface area contributed by atoms with Crippen LogP contribution in [0.1, 0.15) is 31.7 Å². The highest BCUT2D eigenvalue weighted by molar-refractivity contribution is 5.81. The zero-order valence-electron chi connectivity index (χ0n) is 16.4. The van der Waals surface area contributed by atoms with Gasteiger partial charge in [0, 0.05) is 45.8 Å². The number of hydrogen-bond acceptors (Lipinski definition) is 4. The summed E-state index contributed by atoms with van der Waals surface area (Å²) in [6, 6.07) is 9.83. The average Bonchev–Trinajstić information content (AvgIpc) is 2.73. The number of carbonyl (C=O) groups excluding carboxylic acids is 2. The number of piperazine rings is 1. The van der Waals surface area contributed by atoms with Crippen LogP contribution in [0, 0.1) is 0 Å². The van der Waals surface area contributed by atoms with Gasteiger partial charge in [0.05, 0.1) is 12.6 Å². The van der Waals surface area contributed by atoms with Crippen molar-refractivity contribution in [2.75, 3.05) is 45.8 Å². The number of likely N-dealkylation sites (tertiary alicyclic amines) is 1. The van der Waals surface area contributed by atoms with E-state index in [1.165, 1.54) is 6.42 Å². The molecule has 27 heavy (non-hydrogen) atoms. The molecule has 2 aliphatic heterocycles. The lowest BCUT2D eigenvalue weighted by Gasteiger charge is -2.38. The van der Waals surface area contributed by atoms with Crippen LogP contribution in [0.2, 0.25) is 0 Å². The second-order valence-electron chi connectivity index (χ2n) is 7.63. The van der Waals surface area contributed by atoms with Gasteiger partial charge in [0.2, 0.25) is 11.8 Å². The summed E-state index contributed by atoms with van der Waals surface area (Å²) >= 11 is 0. The first-order valence-corrected chi connectivity index (χ1v) is 10.2. The third-order valence-corrected chi connectivity index (χ3v) is 5.71. The Morgan fingerprint density at radius 2 is 1.63 bits per heavy atom. The summed E-state index contributed by atoms with van der Waals surface area (Å²) in [5.41, 5.74) is 1.11. The zero-order chi connectivity index (χ0) is 19.1. The molecule has 2 fully saturated rings. The quantitative estimate of drug-likeness (QED) is 0.818. The molecule has 2 heterocycles. The molecule has 148 valence electrons. The fourth-order valence-electron chi connectivity index (χ4n) is 3.84. The van der Waals surface area contributed by atoms with Crippen LogP contribution >= 0.6 is 0 Å². The van der Waals surface area contributed by atoms with Gasteiger partial charge in [-0.15, -0.1) is 0 Å². The monoisotopic (exact) mass is 372 g/mol. The van der Waals surface area contributed by atoms with E-state index in [1.807, 2.05) is 42.2 Å². The molecule has 2 saturated heterocycles. The van der Waals surface area contributed by atoms with Crippen LogP contribution in [-0.4, -0.2) is 78.4 Å². The molecular formula is C21H32N4O2. The Morgan fingerprint density at radius 3 is 2.30 bits per heavy atom. The standard InChI is InChI=1S/C21H32N4O2/c1-18(21(27)22-16-19-8-4-2-5-9-19)24-14-12-23(13-15-24)17-20(26)25-10-6-3-7-11-25/h2,4-5,8-9,18H,3,6-7,10-17H2,1H3,(H,22,27). The second-order valence-corrected chi connectivity index (χ2v) is 7.63. The van der Waals surface area contributed by atoms with Gasteiger partial charge < -0.3 is 10.2 Å². The largest absolute Gasteiger partial charge is 0.351 e. The lowest BCUT2D eigenvalue weighted by Crippen LogP contribution is -2.55. The van der Waals surface area contributed by atoms with Crippen molar-refractivity contribution in [1.29, 1.82) is 0 Å². The van der Waals surface area contributed by atoms with Crippen molar-refractivity contribution in [3.8, 4) is 0 Å². The predicted octanol–water partition coefficient (Wildman–Crippen LogP) is 1.32. The highest BCUT2D eigenvalue weighted by Gasteiger charge is 2.27. The van der Waals surface area contributed by atoms with E-state index in [1.54, 1.807) is 0 Å². The minimum Gasteiger partial charge on any atom is -0.351 e. The number of rotatable bonds is 6. The maximum atomic E-state index is 12.5. The Hall–Kier alpha value is -1.92. The van der Waals surface area contributed by atoms with Gasteiger partial charge in [-0.3, -0.25) is 19.4 Å². The molecule has 3 rings (SSSR count). The van der Waals surface area contributed by atoms with E-state index >= 15 is 0 Å². The van der Waals surface area contributed by atoms with E-state index < -0.39 is 0 Å². The zero-order valence-corrected chi connectivity index (χ0v) is 16.4. The van der Waals surface area contributed by atoms with E-state index in [4.69, 9.17) is 0 Å². The van der Waals surface area contributed by atoms with E-state index in [2.05, 4.69) is 15.1 Å². The molecule has 0 aliphatic carbocycles. The molecule has 0 spiro atoms. The smallest absolute Gasteiger partial charge is 0.237 e. The van der Waals surface area contributed by atoms with E-state index in [0.717, 1.165) is 57.7 Å². The molecule has 1 unspecified atom stereocenters. The molecule has 6 heteroatoms. The summed E-state index contributed by atoms with van der Waals surface area (Å²) in [6.45, 7) is 8.21. The molecule has 2 aliphatic rings. The number of hydrogen-bond donors (Lipinski definition) is 1. The maximum absolute atomic E-state index is 12.5. The minimum absolute atomic E-state index is 0.0664. The highest BCUT2D eigenvalue weighted by atomic mass is 16.2. The molecule has 0 saturated carbocycles. The van der Waals surface area contributed by atoms with Gasteiger partial charge >= 0.3 is 0 Å². The summed E-state index contributed by atoms with van der Waals surface area (Å²) < 4.78 is 0. The van der Waals surface area contributed by atoms with Crippen molar-refractivity contribution < 1.29 is 9.59 Å². The highest BCUT2D eigenvalue weighted by Crippen LogP contribution is 2.11. The summed E-state index contributed by atoms with van der Waals surface area (Å²) in [5, 5.41) is 3.03. The minimum atomic E-state index is -0.145. The van der Waals surface area contributed by atoms with Crippen molar-refractivity contribution >= 4 is 11.8 Å². The lowest BCUT2D eigenvalue weighted by atomic mass is 10.1. The molecule has 1 aromatic rings. The number of benzene rings is 1. The van der Waals surface area contributed by atoms with Gasteiger partial charge in [0.25, 0.3) is 0 Å². The van der Waals surface area contributed by atoms with Crippen molar-refractivity contribution in [3.05, 3.63) is 35.9 Å². The third-order valence-electron chi connectivity index (χ3n) is 5.71. The van der Waals surface area contributed by atoms with Crippen LogP contribution in [0.3, 0.4) is 0 Å².